The number of nitrogens with two attached hydrogens (primary N) is 1. The van der Waals surface area contributed by atoms with Crippen LogP contribution in [0, 0.1) is 0 Å². The zero-order chi connectivity index (χ0) is 13.7. The van der Waals surface area contributed by atoms with Crippen LogP contribution in [0.2, 0.25) is 0 Å². The van der Waals surface area contributed by atoms with Gasteiger partial charge < -0.3 is 11.1 Å². The van der Waals surface area contributed by atoms with Crippen LogP contribution >= 0.6 is 15.9 Å². The summed E-state index contributed by atoms with van der Waals surface area (Å²) in [6.07, 6.45) is 1.06. The highest BCUT2D eigenvalue weighted by molar-refractivity contribution is 9.10. The fraction of sp³-hybridized carbons (Fsp3) is 0.250. The van der Waals surface area contributed by atoms with Gasteiger partial charge in [0.2, 0.25) is 0 Å². The first-order valence-electron chi connectivity index (χ1n) is 6.54. The van der Waals surface area contributed by atoms with Crippen LogP contribution in [0.1, 0.15) is 24.1 Å². The number of hydrogen-bond acceptors (Lipinski definition) is 2. The van der Waals surface area contributed by atoms with Gasteiger partial charge in [-0.1, -0.05) is 43.3 Å². The zero-order valence-corrected chi connectivity index (χ0v) is 12.7. The van der Waals surface area contributed by atoms with E-state index in [9.17, 15) is 0 Å². The van der Waals surface area contributed by atoms with E-state index in [-0.39, 0.29) is 6.04 Å². The van der Waals surface area contributed by atoms with Crippen molar-refractivity contribution in [1.29, 1.82) is 0 Å². The molecule has 100 valence electrons. The summed E-state index contributed by atoms with van der Waals surface area (Å²) in [7, 11) is 0. The topological polar surface area (TPSA) is 38.0 Å². The van der Waals surface area contributed by atoms with E-state index in [0.717, 1.165) is 16.6 Å². The van der Waals surface area contributed by atoms with Crippen molar-refractivity contribution in [1.82, 2.24) is 0 Å². The van der Waals surface area contributed by atoms with Crippen LogP contribution in [0.4, 0.5) is 5.69 Å². The highest BCUT2D eigenvalue weighted by atomic mass is 79.9. The summed E-state index contributed by atoms with van der Waals surface area (Å²) in [6.45, 7) is 2.72. The maximum absolute atomic E-state index is 5.90. The van der Waals surface area contributed by atoms with Crippen molar-refractivity contribution in [2.45, 2.75) is 19.4 Å². The van der Waals surface area contributed by atoms with Gasteiger partial charge >= 0.3 is 0 Å². The minimum atomic E-state index is 0.129. The number of rotatable bonds is 5. The second kappa shape index (κ2) is 6.73. The normalized spacial score (nSPS) is 12.2. The lowest BCUT2D eigenvalue weighted by Crippen LogP contribution is -2.20. The quantitative estimate of drug-likeness (QED) is 0.870. The maximum atomic E-state index is 5.90. The number of anilines is 1. The molecule has 0 spiro atoms. The first-order chi connectivity index (χ1) is 9.24. The Labute approximate surface area is 123 Å². The van der Waals surface area contributed by atoms with E-state index >= 15 is 0 Å². The lowest BCUT2D eigenvalue weighted by Gasteiger charge is -2.20. The number of benzene rings is 2. The van der Waals surface area contributed by atoms with Gasteiger partial charge in [0, 0.05) is 16.7 Å². The van der Waals surface area contributed by atoms with Crippen molar-refractivity contribution in [2.75, 3.05) is 11.9 Å². The number of aryl methyl sites for hydroxylation is 1. The molecule has 0 aliphatic carbocycles. The molecule has 3 N–H and O–H groups in total. The maximum Gasteiger partial charge on any atom is 0.0636 e. The first kappa shape index (κ1) is 14.1. The molecule has 0 saturated heterocycles. The predicted molar refractivity (Wildman–Crippen MR) is 85.4 cm³/mol. The molecule has 2 aromatic rings. The lowest BCUT2D eigenvalue weighted by molar-refractivity contribution is 0.788. The summed E-state index contributed by atoms with van der Waals surface area (Å²) in [6, 6.07) is 16.9. The smallest absolute Gasteiger partial charge is 0.0636 e. The van der Waals surface area contributed by atoms with E-state index in [0.29, 0.717) is 6.54 Å². The van der Waals surface area contributed by atoms with E-state index in [2.05, 4.69) is 52.4 Å². The van der Waals surface area contributed by atoms with Gasteiger partial charge in [-0.3, -0.25) is 0 Å². The molecule has 0 heterocycles. The average molecular weight is 319 g/mol. The number of hydrogen-bond donors (Lipinski definition) is 2. The van der Waals surface area contributed by atoms with Gasteiger partial charge in [0.1, 0.15) is 0 Å². The molecule has 0 aliphatic rings. The Balaban J connectivity index is 2.17. The van der Waals surface area contributed by atoms with E-state index in [1.165, 1.54) is 11.1 Å². The Morgan fingerprint density at radius 2 is 1.79 bits per heavy atom. The Bertz CT molecular complexity index is 523. The molecule has 0 aromatic heterocycles. The Morgan fingerprint density at radius 1 is 1.11 bits per heavy atom. The van der Waals surface area contributed by atoms with Gasteiger partial charge in [0.25, 0.3) is 0 Å². The minimum absolute atomic E-state index is 0.129. The Kier molecular flexibility index (Phi) is 5.00. The molecule has 0 aliphatic heterocycles. The zero-order valence-electron chi connectivity index (χ0n) is 11.1. The van der Waals surface area contributed by atoms with Gasteiger partial charge in [0.15, 0.2) is 0 Å². The predicted octanol–water partition coefficient (Wildman–Crippen LogP) is 4.12. The molecule has 2 nitrogen and oxygen atoms in total. The number of para-hydroxylation sites is 1. The van der Waals surface area contributed by atoms with E-state index in [4.69, 9.17) is 5.73 Å². The van der Waals surface area contributed by atoms with Gasteiger partial charge in [-0.05, 0) is 45.6 Å². The lowest BCUT2D eigenvalue weighted by atomic mass is 10.0. The summed E-state index contributed by atoms with van der Waals surface area (Å²) < 4.78 is 1.05. The van der Waals surface area contributed by atoms with Crippen molar-refractivity contribution in [3.05, 3.63) is 64.1 Å². The third-order valence-electron chi connectivity index (χ3n) is 3.23. The molecular formula is C16H19BrN2. The summed E-state index contributed by atoms with van der Waals surface area (Å²) in [4.78, 5) is 0. The van der Waals surface area contributed by atoms with Gasteiger partial charge in [0.05, 0.1) is 6.04 Å². The number of nitrogens with one attached hydrogen (secondary N) is 1. The summed E-state index contributed by atoms with van der Waals surface area (Å²) in [5.74, 6) is 0. The fourth-order valence-corrected chi connectivity index (χ4v) is 2.43. The van der Waals surface area contributed by atoms with Crippen LogP contribution in [0.3, 0.4) is 0 Å². The first-order valence-corrected chi connectivity index (χ1v) is 7.34. The highest BCUT2D eigenvalue weighted by Gasteiger charge is 2.10. The summed E-state index contributed by atoms with van der Waals surface area (Å²) in [5.41, 5.74) is 9.53. The van der Waals surface area contributed by atoms with Gasteiger partial charge in [-0.15, -0.1) is 0 Å². The summed E-state index contributed by atoms with van der Waals surface area (Å²) >= 11 is 3.55. The Hall–Kier alpha value is -1.32. The summed E-state index contributed by atoms with van der Waals surface area (Å²) in [5, 5.41) is 3.48. The molecular weight excluding hydrogens is 300 g/mol. The van der Waals surface area contributed by atoms with Crippen LogP contribution in [0.15, 0.2) is 53.0 Å². The van der Waals surface area contributed by atoms with E-state index in [1.807, 2.05) is 24.3 Å². The Morgan fingerprint density at radius 3 is 2.37 bits per heavy atom. The molecule has 0 radical (unpaired) electrons. The molecule has 1 atom stereocenters. The minimum Gasteiger partial charge on any atom is -0.376 e. The third-order valence-corrected chi connectivity index (χ3v) is 3.92. The van der Waals surface area contributed by atoms with Crippen LogP contribution < -0.4 is 11.1 Å². The second-order valence-electron chi connectivity index (χ2n) is 4.51. The van der Waals surface area contributed by atoms with Crippen molar-refractivity contribution in [2.24, 2.45) is 5.73 Å². The number of halogens is 1. The van der Waals surface area contributed by atoms with Crippen molar-refractivity contribution in [3.8, 4) is 0 Å². The molecule has 3 heteroatoms. The molecule has 2 rings (SSSR count). The molecule has 0 fully saturated rings. The van der Waals surface area contributed by atoms with Crippen molar-refractivity contribution < 1.29 is 0 Å². The molecule has 0 amide bonds. The standard InChI is InChI=1S/C16H19BrN2/c1-2-12-7-9-13(10-8-12)16(11-18)19-15-6-4-3-5-14(15)17/h3-10,16,19H,2,11,18H2,1H3. The van der Waals surface area contributed by atoms with Crippen LogP contribution in [0.25, 0.3) is 0 Å². The van der Waals surface area contributed by atoms with Gasteiger partial charge in [-0.25, -0.2) is 0 Å². The average Bonchev–Trinajstić information content (AvgIpc) is 2.47. The van der Waals surface area contributed by atoms with Crippen LogP contribution in [0.5, 0.6) is 0 Å². The monoisotopic (exact) mass is 318 g/mol. The van der Waals surface area contributed by atoms with Crippen molar-refractivity contribution >= 4 is 21.6 Å². The molecule has 0 bridgehead atoms. The second-order valence-corrected chi connectivity index (χ2v) is 5.36. The molecule has 1 unspecified atom stereocenters. The third kappa shape index (κ3) is 3.58. The van der Waals surface area contributed by atoms with Crippen LogP contribution in [-0.4, -0.2) is 6.54 Å². The van der Waals surface area contributed by atoms with Crippen molar-refractivity contribution in [3.63, 3.8) is 0 Å². The SMILES string of the molecule is CCc1ccc(C(CN)Nc2ccccc2Br)cc1. The largest absolute Gasteiger partial charge is 0.376 e. The van der Waals surface area contributed by atoms with E-state index in [1.54, 1.807) is 0 Å². The fourth-order valence-electron chi connectivity index (χ4n) is 2.03. The molecule has 2 aromatic carbocycles. The molecule has 0 saturated carbocycles. The molecule has 19 heavy (non-hydrogen) atoms. The highest BCUT2D eigenvalue weighted by Crippen LogP contribution is 2.26. The van der Waals surface area contributed by atoms with Gasteiger partial charge in [-0.2, -0.15) is 0 Å². The van der Waals surface area contributed by atoms with E-state index < -0.39 is 0 Å². The van der Waals surface area contributed by atoms with Crippen LogP contribution in [-0.2, 0) is 6.42 Å².